The molecule has 0 bridgehead atoms. The Bertz CT molecular complexity index is 575. The van der Waals surface area contributed by atoms with Crippen LogP contribution in [0.1, 0.15) is 111 Å². The van der Waals surface area contributed by atoms with Crippen LogP contribution < -0.4 is 5.73 Å². The average molecular weight is 404 g/mol. The van der Waals surface area contributed by atoms with Gasteiger partial charge >= 0.3 is 0 Å². The molecule has 0 aliphatic heterocycles. The molecular formula is C27H49NO. The topological polar surface area (TPSA) is 35.2 Å². The van der Waals surface area contributed by atoms with Gasteiger partial charge in [0.25, 0.3) is 0 Å². The Balaban J connectivity index is 1.48. The standard InChI is InChI=1S/C27H49NO/c1-19(2)8-6-7-9-20-10-11-23-25(20,3)16-14-24-26(4)15-13-22(29-5)18-21(26)12-17-27(23,24)28/h19-24H,6-18,28H2,1-5H3. The van der Waals surface area contributed by atoms with Crippen LogP contribution in [0.5, 0.6) is 0 Å². The molecule has 4 fully saturated rings. The van der Waals surface area contributed by atoms with Crippen molar-refractivity contribution in [3.63, 3.8) is 0 Å². The molecule has 0 amide bonds. The van der Waals surface area contributed by atoms with E-state index >= 15 is 0 Å². The van der Waals surface area contributed by atoms with E-state index in [4.69, 9.17) is 10.5 Å². The fraction of sp³-hybridized carbons (Fsp3) is 1.00. The number of methoxy groups -OCH3 is 1. The normalized spacial score (nSPS) is 49.6. The van der Waals surface area contributed by atoms with E-state index in [-0.39, 0.29) is 5.54 Å². The highest BCUT2D eigenvalue weighted by atomic mass is 16.5. The Morgan fingerprint density at radius 1 is 0.897 bits per heavy atom. The van der Waals surface area contributed by atoms with Crippen molar-refractivity contribution in [1.82, 2.24) is 0 Å². The maximum absolute atomic E-state index is 7.52. The highest BCUT2D eigenvalue weighted by molar-refractivity contribution is 5.18. The molecule has 8 unspecified atom stereocenters. The lowest BCUT2D eigenvalue weighted by atomic mass is 9.42. The third-order valence-electron chi connectivity index (χ3n) is 10.9. The van der Waals surface area contributed by atoms with E-state index < -0.39 is 0 Å². The number of fused-ring (bicyclic) bond motifs is 5. The molecule has 2 N–H and O–H groups in total. The Morgan fingerprint density at radius 2 is 1.62 bits per heavy atom. The molecule has 0 heterocycles. The van der Waals surface area contributed by atoms with Crippen LogP contribution in [0.15, 0.2) is 0 Å². The fourth-order valence-electron chi connectivity index (χ4n) is 9.17. The van der Waals surface area contributed by atoms with Gasteiger partial charge in [-0.15, -0.1) is 0 Å². The van der Waals surface area contributed by atoms with E-state index in [1.54, 1.807) is 0 Å². The lowest BCUT2D eigenvalue weighted by Gasteiger charge is -2.65. The minimum atomic E-state index is 0.102. The zero-order valence-electron chi connectivity index (χ0n) is 20.1. The monoisotopic (exact) mass is 403 g/mol. The molecule has 168 valence electrons. The molecule has 0 saturated heterocycles. The van der Waals surface area contributed by atoms with E-state index in [1.165, 1.54) is 83.5 Å². The molecule has 0 aromatic carbocycles. The molecule has 2 heteroatoms. The van der Waals surface area contributed by atoms with Gasteiger partial charge in [0, 0.05) is 12.6 Å². The lowest BCUT2D eigenvalue weighted by molar-refractivity contribution is -0.142. The molecule has 0 radical (unpaired) electrons. The second-order valence-electron chi connectivity index (χ2n) is 12.6. The largest absolute Gasteiger partial charge is 0.381 e. The van der Waals surface area contributed by atoms with Crippen molar-refractivity contribution in [1.29, 1.82) is 0 Å². The molecule has 4 saturated carbocycles. The van der Waals surface area contributed by atoms with Gasteiger partial charge in [0.1, 0.15) is 0 Å². The van der Waals surface area contributed by atoms with Crippen molar-refractivity contribution in [3.05, 3.63) is 0 Å². The summed E-state index contributed by atoms with van der Waals surface area (Å²) in [6.07, 6.45) is 18.4. The highest BCUT2D eigenvalue weighted by Crippen LogP contribution is 2.68. The Kier molecular flexibility index (Phi) is 6.19. The van der Waals surface area contributed by atoms with Crippen LogP contribution in [0.2, 0.25) is 0 Å². The van der Waals surface area contributed by atoms with Crippen LogP contribution >= 0.6 is 0 Å². The molecule has 4 aliphatic carbocycles. The maximum Gasteiger partial charge on any atom is 0.0574 e. The third kappa shape index (κ3) is 3.63. The summed E-state index contributed by atoms with van der Waals surface area (Å²) in [6, 6.07) is 0. The molecule has 0 aromatic heterocycles. The Hall–Kier alpha value is -0.0800. The molecule has 8 atom stereocenters. The van der Waals surface area contributed by atoms with Crippen molar-refractivity contribution in [3.8, 4) is 0 Å². The number of hydrogen-bond acceptors (Lipinski definition) is 2. The average Bonchev–Trinajstić information content (AvgIpc) is 3.02. The van der Waals surface area contributed by atoms with E-state index in [9.17, 15) is 0 Å². The summed E-state index contributed by atoms with van der Waals surface area (Å²) in [5.41, 5.74) is 8.59. The Morgan fingerprint density at radius 3 is 2.34 bits per heavy atom. The van der Waals surface area contributed by atoms with Crippen molar-refractivity contribution < 1.29 is 4.74 Å². The SMILES string of the molecule is COC1CCC2(C)C(CCC3(N)C4CCC(CCCCC(C)C)C4(C)CCC23)C1. The van der Waals surface area contributed by atoms with Crippen LogP contribution in [-0.4, -0.2) is 18.8 Å². The van der Waals surface area contributed by atoms with Gasteiger partial charge in [-0.1, -0.05) is 47.0 Å². The first-order chi connectivity index (χ1) is 13.7. The summed E-state index contributed by atoms with van der Waals surface area (Å²) in [6.45, 7) is 10.0. The van der Waals surface area contributed by atoms with E-state index in [0.29, 0.717) is 16.9 Å². The summed E-state index contributed by atoms with van der Waals surface area (Å²) in [7, 11) is 1.91. The van der Waals surface area contributed by atoms with Crippen LogP contribution in [0, 0.1) is 40.4 Å². The van der Waals surface area contributed by atoms with Gasteiger partial charge in [-0.05, 0) is 105 Å². The van der Waals surface area contributed by atoms with Gasteiger partial charge < -0.3 is 10.5 Å². The van der Waals surface area contributed by atoms with E-state index in [2.05, 4.69) is 27.7 Å². The maximum atomic E-state index is 7.52. The van der Waals surface area contributed by atoms with E-state index in [1.807, 2.05) is 7.11 Å². The van der Waals surface area contributed by atoms with Gasteiger partial charge in [-0.2, -0.15) is 0 Å². The molecule has 0 spiro atoms. The molecule has 4 aliphatic rings. The van der Waals surface area contributed by atoms with Crippen LogP contribution in [0.25, 0.3) is 0 Å². The summed E-state index contributed by atoms with van der Waals surface area (Å²) < 4.78 is 5.78. The van der Waals surface area contributed by atoms with Crippen molar-refractivity contribution in [2.24, 2.45) is 46.2 Å². The zero-order valence-corrected chi connectivity index (χ0v) is 20.1. The molecule has 2 nitrogen and oxygen atoms in total. The summed E-state index contributed by atoms with van der Waals surface area (Å²) >= 11 is 0. The number of unbranched alkanes of at least 4 members (excludes halogenated alkanes) is 1. The lowest BCUT2D eigenvalue weighted by Crippen LogP contribution is -2.68. The predicted molar refractivity (Wildman–Crippen MR) is 123 cm³/mol. The Labute approximate surface area is 181 Å². The smallest absolute Gasteiger partial charge is 0.0574 e. The number of hydrogen-bond donors (Lipinski definition) is 1. The first kappa shape index (κ1) is 22.1. The molecule has 0 aromatic rings. The van der Waals surface area contributed by atoms with Crippen LogP contribution in [0.4, 0.5) is 0 Å². The fourth-order valence-corrected chi connectivity index (χ4v) is 9.17. The number of rotatable bonds is 6. The minimum Gasteiger partial charge on any atom is -0.381 e. The first-order valence-corrected chi connectivity index (χ1v) is 13.1. The summed E-state index contributed by atoms with van der Waals surface area (Å²) in [5.74, 6) is 4.12. The minimum absolute atomic E-state index is 0.102. The summed E-state index contributed by atoms with van der Waals surface area (Å²) in [5, 5.41) is 0. The quantitative estimate of drug-likeness (QED) is 0.487. The predicted octanol–water partition coefficient (Wildman–Crippen LogP) is 6.96. The summed E-state index contributed by atoms with van der Waals surface area (Å²) in [4.78, 5) is 0. The molecular weight excluding hydrogens is 354 g/mol. The van der Waals surface area contributed by atoms with Crippen molar-refractivity contribution in [2.45, 2.75) is 123 Å². The van der Waals surface area contributed by atoms with Crippen LogP contribution in [-0.2, 0) is 4.74 Å². The van der Waals surface area contributed by atoms with Gasteiger partial charge in [0.2, 0.25) is 0 Å². The van der Waals surface area contributed by atoms with Gasteiger partial charge in [-0.3, -0.25) is 0 Å². The van der Waals surface area contributed by atoms with Gasteiger partial charge in [0.05, 0.1) is 6.10 Å². The number of ether oxygens (including phenoxy) is 1. The van der Waals surface area contributed by atoms with Crippen molar-refractivity contribution in [2.75, 3.05) is 7.11 Å². The van der Waals surface area contributed by atoms with Gasteiger partial charge in [-0.25, -0.2) is 0 Å². The zero-order chi connectivity index (χ0) is 20.9. The van der Waals surface area contributed by atoms with Gasteiger partial charge in [0.15, 0.2) is 0 Å². The molecule has 4 rings (SSSR count). The highest BCUT2D eigenvalue weighted by Gasteiger charge is 2.65. The van der Waals surface area contributed by atoms with Crippen LogP contribution in [0.3, 0.4) is 0 Å². The van der Waals surface area contributed by atoms with E-state index in [0.717, 1.165) is 29.6 Å². The molecule has 29 heavy (non-hydrogen) atoms. The second kappa shape index (κ2) is 8.12. The number of nitrogens with two attached hydrogens (primary N) is 1. The first-order valence-electron chi connectivity index (χ1n) is 13.1. The van der Waals surface area contributed by atoms with Crippen molar-refractivity contribution >= 4 is 0 Å². The second-order valence-corrected chi connectivity index (χ2v) is 12.6. The third-order valence-corrected chi connectivity index (χ3v) is 10.9.